The molecule has 0 unspecified atom stereocenters. The van der Waals surface area contributed by atoms with Crippen molar-refractivity contribution in [3.05, 3.63) is 52.3 Å². The molecule has 0 atom stereocenters. The number of nitro benzene ring substituents is 1. The van der Waals surface area contributed by atoms with E-state index in [-0.39, 0.29) is 17.9 Å². The van der Waals surface area contributed by atoms with Gasteiger partial charge in [0.25, 0.3) is 11.6 Å². The molecule has 2 aromatic rings. The molecule has 3 rings (SSSR count). The second-order valence-corrected chi connectivity index (χ2v) is 6.30. The maximum atomic E-state index is 12.3. The standard InChI is InChI=1S/C17H18N4O6/c22-15(18-11-17(16(23)24)6-9-27-10-7-17)14-5-8-20(19-14)12-1-3-13(4-2-12)21(25)26/h1-5,8H,6-7,9-11H2,(H,18,22)(H,23,24). The lowest BCUT2D eigenvalue weighted by atomic mass is 9.80. The fraction of sp³-hybridized carbons (Fsp3) is 0.353. The number of amides is 1. The first-order chi connectivity index (χ1) is 12.9. The summed E-state index contributed by atoms with van der Waals surface area (Å²) in [6.45, 7) is 0.683. The van der Waals surface area contributed by atoms with Crippen LogP contribution in [0.5, 0.6) is 0 Å². The minimum atomic E-state index is -1.03. The molecule has 142 valence electrons. The Balaban J connectivity index is 1.67. The van der Waals surface area contributed by atoms with Gasteiger partial charge in [0, 0.05) is 38.1 Å². The summed E-state index contributed by atoms with van der Waals surface area (Å²) in [6.07, 6.45) is 2.22. The van der Waals surface area contributed by atoms with Crippen molar-refractivity contribution in [3.8, 4) is 5.69 Å². The number of benzene rings is 1. The Bertz CT molecular complexity index is 855. The van der Waals surface area contributed by atoms with Crippen LogP contribution in [0.15, 0.2) is 36.5 Å². The number of hydrogen-bond acceptors (Lipinski definition) is 6. The number of carbonyl (C=O) groups excluding carboxylic acids is 1. The number of hydrogen-bond donors (Lipinski definition) is 2. The second-order valence-electron chi connectivity index (χ2n) is 6.30. The molecule has 1 amide bonds. The predicted molar refractivity (Wildman–Crippen MR) is 92.7 cm³/mol. The maximum Gasteiger partial charge on any atom is 0.311 e. The van der Waals surface area contributed by atoms with Gasteiger partial charge in [-0.05, 0) is 31.0 Å². The number of ether oxygens (including phenoxy) is 1. The highest BCUT2D eigenvalue weighted by molar-refractivity contribution is 5.92. The Labute approximate surface area is 153 Å². The summed E-state index contributed by atoms with van der Waals surface area (Å²) in [7, 11) is 0. The summed E-state index contributed by atoms with van der Waals surface area (Å²) in [6, 6.07) is 7.23. The lowest BCUT2D eigenvalue weighted by molar-refractivity contribution is -0.384. The quantitative estimate of drug-likeness (QED) is 0.576. The monoisotopic (exact) mass is 374 g/mol. The first-order valence-electron chi connectivity index (χ1n) is 8.31. The van der Waals surface area contributed by atoms with Gasteiger partial charge in [-0.25, -0.2) is 4.68 Å². The van der Waals surface area contributed by atoms with E-state index in [1.54, 1.807) is 6.20 Å². The van der Waals surface area contributed by atoms with Crippen molar-refractivity contribution in [1.82, 2.24) is 15.1 Å². The van der Waals surface area contributed by atoms with Crippen molar-refractivity contribution in [2.75, 3.05) is 19.8 Å². The van der Waals surface area contributed by atoms with Crippen LogP contribution in [0, 0.1) is 15.5 Å². The third-order valence-corrected chi connectivity index (χ3v) is 4.64. The van der Waals surface area contributed by atoms with Gasteiger partial charge in [0.15, 0.2) is 5.69 Å². The maximum absolute atomic E-state index is 12.3. The highest BCUT2D eigenvalue weighted by atomic mass is 16.6. The Hall–Kier alpha value is -3.27. The normalized spacial score (nSPS) is 15.9. The SMILES string of the molecule is O=C(NCC1(C(=O)O)CCOCC1)c1ccn(-c2ccc([N+](=O)[O-])cc2)n1. The van der Waals surface area contributed by atoms with Gasteiger partial charge in [0.2, 0.25) is 0 Å². The molecule has 27 heavy (non-hydrogen) atoms. The van der Waals surface area contributed by atoms with E-state index in [0.29, 0.717) is 31.7 Å². The van der Waals surface area contributed by atoms with E-state index in [2.05, 4.69) is 10.4 Å². The van der Waals surface area contributed by atoms with Crippen molar-refractivity contribution in [3.63, 3.8) is 0 Å². The molecule has 10 heteroatoms. The number of rotatable bonds is 6. The number of nitrogens with zero attached hydrogens (tertiary/aromatic N) is 3. The third-order valence-electron chi connectivity index (χ3n) is 4.64. The van der Waals surface area contributed by atoms with E-state index < -0.39 is 22.2 Å². The zero-order valence-electron chi connectivity index (χ0n) is 14.3. The Kier molecular flexibility index (Phi) is 5.17. The smallest absolute Gasteiger partial charge is 0.311 e. The lowest BCUT2D eigenvalue weighted by Crippen LogP contribution is -2.46. The number of aromatic nitrogens is 2. The van der Waals surface area contributed by atoms with Gasteiger partial charge in [0.05, 0.1) is 16.0 Å². The summed E-state index contributed by atoms with van der Waals surface area (Å²) in [5, 5.41) is 27.0. The Morgan fingerprint density at radius 3 is 2.52 bits per heavy atom. The first kappa shape index (κ1) is 18.5. The van der Waals surface area contributed by atoms with Gasteiger partial charge in [0.1, 0.15) is 0 Å². The second kappa shape index (κ2) is 7.54. The lowest BCUT2D eigenvalue weighted by Gasteiger charge is -2.32. The van der Waals surface area contributed by atoms with E-state index in [9.17, 15) is 24.8 Å². The van der Waals surface area contributed by atoms with E-state index >= 15 is 0 Å². The molecular formula is C17H18N4O6. The molecule has 2 heterocycles. The predicted octanol–water partition coefficient (Wildman–Crippen LogP) is 1.39. The molecule has 1 aliphatic heterocycles. The van der Waals surface area contributed by atoms with Crippen LogP contribution in [0.1, 0.15) is 23.3 Å². The molecule has 0 spiro atoms. The highest BCUT2D eigenvalue weighted by Crippen LogP contribution is 2.30. The van der Waals surface area contributed by atoms with E-state index in [4.69, 9.17) is 4.74 Å². The average Bonchev–Trinajstić information content (AvgIpc) is 3.17. The van der Waals surface area contributed by atoms with Gasteiger partial charge in [-0.15, -0.1) is 0 Å². The highest BCUT2D eigenvalue weighted by Gasteiger charge is 2.40. The first-order valence-corrected chi connectivity index (χ1v) is 8.31. The van der Waals surface area contributed by atoms with Crippen LogP contribution in [0.25, 0.3) is 5.69 Å². The number of non-ortho nitro benzene ring substituents is 1. The van der Waals surface area contributed by atoms with Crippen molar-refractivity contribution in [1.29, 1.82) is 0 Å². The van der Waals surface area contributed by atoms with Gasteiger partial charge in [-0.1, -0.05) is 0 Å². The van der Waals surface area contributed by atoms with Crippen molar-refractivity contribution in [2.45, 2.75) is 12.8 Å². The molecule has 1 aromatic heterocycles. The van der Waals surface area contributed by atoms with Crippen LogP contribution in [-0.2, 0) is 9.53 Å². The van der Waals surface area contributed by atoms with Crippen LogP contribution in [-0.4, -0.2) is 51.4 Å². The summed E-state index contributed by atoms with van der Waals surface area (Å²) in [4.78, 5) is 34.2. The Morgan fingerprint density at radius 2 is 1.93 bits per heavy atom. The van der Waals surface area contributed by atoms with Gasteiger partial charge < -0.3 is 15.2 Å². The number of aliphatic carboxylic acids is 1. The molecule has 10 nitrogen and oxygen atoms in total. The average molecular weight is 374 g/mol. The van der Waals surface area contributed by atoms with Gasteiger partial charge in [-0.2, -0.15) is 5.10 Å². The number of nitrogens with one attached hydrogen (secondary N) is 1. The minimum Gasteiger partial charge on any atom is -0.481 e. The van der Waals surface area contributed by atoms with E-state index in [0.717, 1.165) is 0 Å². The number of carbonyl (C=O) groups is 2. The zero-order chi connectivity index (χ0) is 19.4. The molecular weight excluding hydrogens is 356 g/mol. The summed E-state index contributed by atoms with van der Waals surface area (Å²) < 4.78 is 6.62. The zero-order valence-corrected chi connectivity index (χ0v) is 14.3. The molecule has 0 radical (unpaired) electrons. The van der Waals surface area contributed by atoms with E-state index in [1.807, 2.05) is 0 Å². The number of nitro groups is 1. The largest absolute Gasteiger partial charge is 0.481 e. The number of carboxylic acid groups (broad SMARTS) is 1. The fourth-order valence-corrected chi connectivity index (χ4v) is 2.88. The van der Waals surface area contributed by atoms with Crippen LogP contribution < -0.4 is 5.32 Å². The molecule has 2 N–H and O–H groups in total. The number of carboxylic acids is 1. The van der Waals surface area contributed by atoms with Crippen LogP contribution in [0.3, 0.4) is 0 Å². The van der Waals surface area contributed by atoms with Gasteiger partial charge >= 0.3 is 5.97 Å². The van der Waals surface area contributed by atoms with Crippen molar-refractivity contribution in [2.24, 2.45) is 5.41 Å². The molecule has 1 fully saturated rings. The van der Waals surface area contributed by atoms with Crippen molar-refractivity contribution >= 4 is 17.6 Å². The van der Waals surface area contributed by atoms with Crippen LogP contribution in [0.2, 0.25) is 0 Å². The third kappa shape index (κ3) is 3.95. The fourth-order valence-electron chi connectivity index (χ4n) is 2.88. The van der Waals surface area contributed by atoms with Crippen molar-refractivity contribution < 1.29 is 24.4 Å². The molecule has 1 aromatic carbocycles. The summed E-state index contributed by atoms with van der Waals surface area (Å²) in [5.41, 5.74) is -0.388. The van der Waals surface area contributed by atoms with Crippen LogP contribution in [0.4, 0.5) is 5.69 Å². The van der Waals surface area contributed by atoms with Gasteiger partial charge in [-0.3, -0.25) is 19.7 Å². The topological polar surface area (TPSA) is 137 Å². The summed E-state index contributed by atoms with van der Waals surface area (Å²) >= 11 is 0. The van der Waals surface area contributed by atoms with Crippen LogP contribution >= 0.6 is 0 Å². The Morgan fingerprint density at radius 1 is 1.26 bits per heavy atom. The molecule has 0 bridgehead atoms. The van der Waals surface area contributed by atoms with E-state index in [1.165, 1.54) is 35.0 Å². The molecule has 1 saturated heterocycles. The molecule has 0 saturated carbocycles. The molecule has 1 aliphatic rings. The molecule has 0 aliphatic carbocycles. The minimum absolute atomic E-state index is 0.00504. The summed E-state index contributed by atoms with van der Waals surface area (Å²) in [5.74, 6) is -1.44.